The van der Waals surface area contributed by atoms with E-state index >= 15 is 0 Å². The molecule has 0 bridgehead atoms. The Labute approximate surface area is 88.3 Å². The number of H-pyrrole nitrogens is 1. The second-order valence-corrected chi connectivity index (χ2v) is 3.82. The quantitative estimate of drug-likeness (QED) is 0.772. The van der Waals surface area contributed by atoms with Crippen molar-refractivity contribution in [3.05, 3.63) is 21.4 Å². The first-order valence-corrected chi connectivity index (χ1v) is 4.91. The van der Waals surface area contributed by atoms with Gasteiger partial charge in [0.2, 0.25) is 0 Å². The van der Waals surface area contributed by atoms with Crippen molar-refractivity contribution in [2.75, 3.05) is 12.4 Å². The van der Waals surface area contributed by atoms with Crippen molar-refractivity contribution in [3.63, 3.8) is 0 Å². The van der Waals surface area contributed by atoms with E-state index in [4.69, 9.17) is 16.6 Å². The molecule has 0 radical (unpaired) electrons. The number of nitrogens with one attached hydrogen (secondary N) is 2. The number of aromatic nitrogens is 1. The molecule has 0 fully saturated rings. The summed E-state index contributed by atoms with van der Waals surface area (Å²) in [6, 6.07) is 3.88. The van der Waals surface area contributed by atoms with Gasteiger partial charge in [0, 0.05) is 12.7 Å². The summed E-state index contributed by atoms with van der Waals surface area (Å²) >= 11 is 8.29. The average molecular weight is 259 g/mol. The Morgan fingerprint density at radius 1 is 1.54 bits per heavy atom. The number of halogens is 1. The molecule has 13 heavy (non-hydrogen) atoms. The third kappa shape index (κ3) is 1.49. The molecule has 0 amide bonds. The molecule has 0 aliphatic heterocycles. The Hall–Kier alpha value is -0.810. The second-order valence-electron chi connectivity index (χ2n) is 2.60. The van der Waals surface area contributed by atoms with Gasteiger partial charge in [-0.3, -0.25) is 0 Å². The Kier molecular flexibility index (Phi) is 2.13. The maximum Gasteiger partial charge on any atom is 0.266 e. The largest absolute Gasteiger partial charge is 0.428 e. The number of aromatic amines is 1. The fraction of sp³-hybridized carbons (Fsp3) is 0.125. The first-order valence-electron chi connectivity index (χ1n) is 3.71. The summed E-state index contributed by atoms with van der Waals surface area (Å²) in [5, 5.41) is 3.04. The van der Waals surface area contributed by atoms with E-state index in [2.05, 4.69) is 26.2 Å². The Morgan fingerprint density at radius 2 is 2.31 bits per heavy atom. The molecular weight excluding hydrogens is 252 g/mol. The lowest BCUT2D eigenvalue weighted by Crippen LogP contribution is -1.87. The maximum absolute atomic E-state index is 5.28. The van der Waals surface area contributed by atoms with E-state index < -0.39 is 0 Å². The molecule has 0 aliphatic rings. The minimum atomic E-state index is 0.393. The number of hydrogen-bond donors (Lipinski definition) is 2. The van der Waals surface area contributed by atoms with Crippen LogP contribution in [0.2, 0.25) is 0 Å². The van der Waals surface area contributed by atoms with Gasteiger partial charge in [0.05, 0.1) is 9.99 Å². The van der Waals surface area contributed by atoms with Gasteiger partial charge in [-0.25, -0.2) is 0 Å². The first kappa shape index (κ1) is 8.77. The zero-order valence-corrected chi connectivity index (χ0v) is 9.25. The fourth-order valence-electron chi connectivity index (χ4n) is 1.16. The molecule has 0 unspecified atom stereocenters. The van der Waals surface area contributed by atoms with E-state index in [9.17, 15) is 0 Å². The van der Waals surface area contributed by atoms with Gasteiger partial charge in [-0.2, -0.15) is 0 Å². The molecule has 5 heteroatoms. The van der Waals surface area contributed by atoms with Crippen LogP contribution in [0.25, 0.3) is 11.1 Å². The highest BCUT2D eigenvalue weighted by atomic mass is 79.9. The van der Waals surface area contributed by atoms with Crippen LogP contribution >= 0.6 is 28.1 Å². The highest BCUT2D eigenvalue weighted by Gasteiger charge is 2.05. The molecule has 1 aromatic heterocycles. The van der Waals surface area contributed by atoms with Crippen LogP contribution < -0.4 is 5.32 Å². The maximum atomic E-state index is 5.28. The number of hydrogen-bond acceptors (Lipinski definition) is 3. The van der Waals surface area contributed by atoms with E-state index in [1.165, 1.54) is 0 Å². The zero-order valence-electron chi connectivity index (χ0n) is 6.85. The zero-order chi connectivity index (χ0) is 9.42. The highest BCUT2D eigenvalue weighted by molar-refractivity contribution is 9.10. The minimum absolute atomic E-state index is 0.393. The van der Waals surface area contributed by atoms with Crippen LogP contribution in [0.15, 0.2) is 21.0 Å². The third-order valence-corrected chi connectivity index (χ3v) is 2.54. The molecule has 3 nitrogen and oxygen atoms in total. The van der Waals surface area contributed by atoms with Crippen molar-refractivity contribution in [2.24, 2.45) is 0 Å². The lowest BCUT2D eigenvalue weighted by atomic mass is 10.3. The van der Waals surface area contributed by atoms with Crippen molar-refractivity contribution in [1.29, 1.82) is 0 Å². The monoisotopic (exact) mass is 258 g/mol. The molecule has 2 N–H and O–H groups in total. The summed E-state index contributed by atoms with van der Waals surface area (Å²) in [5.74, 6) is 0. The van der Waals surface area contributed by atoms with Gasteiger partial charge < -0.3 is 14.7 Å². The van der Waals surface area contributed by atoms with Gasteiger partial charge in [-0.05, 0) is 40.3 Å². The smallest absolute Gasteiger partial charge is 0.266 e. The summed E-state index contributed by atoms with van der Waals surface area (Å²) in [6.45, 7) is 0. The number of benzene rings is 1. The molecule has 1 heterocycles. The first-order chi connectivity index (χ1) is 6.20. The van der Waals surface area contributed by atoms with Crippen molar-refractivity contribution < 1.29 is 4.42 Å². The summed E-state index contributed by atoms with van der Waals surface area (Å²) < 4.78 is 6.17. The van der Waals surface area contributed by atoms with Crippen LogP contribution in [0.1, 0.15) is 0 Å². The highest BCUT2D eigenvalue weighted by Crippen LogP contribution is 2.27. The summed E-state index contributed by atoms with van der Waals surface area (Å²) in [7, 11) is 1.86. The average Bonchev–Trinajstić information content (AvgIpc) is 2.46. The normalized spacial score (nSPS) is 10.6. The van der Waals surface area contributed by atoms with Crippen LogP contribution in [0, 0.1) is 4.84 Å². The molecule has 0 saturated heterocycles. The van der Waals surface area contributed by atoms with E-state index in [1.807, 2.05) is 19.2 Å². The Balaban J connectivity index is 2.83. The lowest BCUT2D eigenvalue weighted by Gasteiger charge is -1.99. The van der Waals surface area contributed by atoms with Gasteiger partial charge in [-0.15, -0.1) is 0 Å². The lowest BCUT2D eigenvalue weighted by molar-refractivity contribution is 0.582. The molecule has 0 spiro atoms. The van der Waals surface area contributed by atoms with Crippen molar-refractivity contribution in [2.45, 2.75) is 0 Å². The van der Waals surface area contributed by atoms with E-state index in [0.29, 0.717) is 4.84 Å². The fourth-order valence-corrected chi connectivity index (χ4v) is 1.90. The van der Waals surface area contributed by atoms with Crippen molar-refractivity contribution in [3.8, 4) is 0 Å². The van der Waals surface area contributed by atoms with E-state index in [-0.39, 0.29) is 0 Å². The minimum Gasteiger partial charge on any atom is -0.428 e. The molecule has 0 aliphatic carbocycles. The van der Waals surface area contributed by atoms with Gasteiger partial charge in [0.25, 0.3) is 4.84 Å². The molecule has 0 atom stereocenters. The number of fused-ring (bicyclic) bond motifs is 1. The number of oxazole rings is 1. The van der Waals surface area contributed by atoms with E-state index in [1.54, 1.807) is 0 Å². The molecule has 2 aromatic rings. The van der Waals surface area contributed by atoms with Crippen LogP contribution in [-0.4, -0.2) is 12.0 Å². The molecule has 1 aromatic carbocycles. The van der Waals surface area contributed by atoms with Gasteiger partial charge in [0.15, 0.2) is 5.58 Å². The summed E-state index contributed by atoms with van der Waals surface area (Å²) in [4.78, 5) is 3.34. The van der Waals surface area contributed by atoms with Crippen LogP contribution in [-0.2, 0) is 0 Å². The topological polar surface area (TPSA) is 41.0 Å². The van der Waals surface area contributed by atoms with Crippen LogP contribution in [0.5, 0.6) is 0 Å². The molecule has 68 valence electrons. The van der Waals surface area contributed by atoms with Crippen molar-refractivity contribution >= 4 is 44.9 Å². The summed E-state index contributed by atoms with van der Waals surface area (Å²) in [6.07, 6.45) is 0. The van der Waals surface area contributed by atoms with Crippen LogP contribution in [0.4, 0.5) is 5.69 Å². The van der Waals surface area contributed by atoms with Gasteiger partial charge >= 0.3 is 0 Å². The second kappa shape index (κ2) is 3.16. The molecule has 0 saturated carbocycles. The Morgan fingerprint density at radius 3 is 3.00 bits per heavy atom. The van der Waals surface area contributed by atoms with Gasteiger partial charge in [0.1, 0.15) is 0 Å². The SMILES string of the molecule is CNc1cc(Br)c2oc(=S)[nH]c2c1. The van der Waals surface area contributed by atoms with Gasteiger partial charge in [-0.1, -0.05) is 0 Å². The predicted octanol–water partition coefficient (Wildman–Crippen LogP) is 3.29. The van der Waals surface area contributed by atoms with Crippen LogP contribution in [0.3, 0.4) is 0 Å². The van der Waals surface area contributed by atoms with Crippen molar-refractivity contribution in [1.82, 2.24) is 4.98 Å². The summed E-state index contributed by atoms with van der Waals surface area (Å²) in [5.41, 5.74) is 2.65. The van der Waals surface area contributed by atoms with E-state index in [0.717, 1.165) is 21.3 Å². The number of rotatable bonds is 1. The standard InChI is InChI=1S/C8H7BrN2OS/c1-10-4-2-5(9)7-6(3-4)11-8(13)12-7/h2-3,10H,1H3,(H,11,13). The third-order valence-electron chi connectivity index (χ3n) is 1.76. The Bertz CT molecular complexity index is 502. The molecular formula is C8H7BrN2OS. The number of anilines is 1. The predicted molar refractivity (Wildman–Crippen MR) is 58.6 cm³/mol. The molecule has 2 rings (SSSR count).